The Balaban J connectivity index is 1.57. The Morgan fingerprint density at radius 1 is 0.967 bits per heavy atom. The third-order valence-electron chi connectivity index (χ3n) is 3.95. The van der Waals surface area contributed by atoms with Crippen molar-refractivity contribution in [2.45, 2.75) is 4.90 Å². The molecule has 0 fully saturated rings. The van der Waals surface area contributed by atoms with E-state index in [2.05, 4.69) is 10.6 Å². The monoisotopic (exact) mass is 425 g/mol. The Morgan fingerprint density at radius 2 is 1.70 bits per heavy atom. The van der Waals surface area contributed by atoms with Crippen molar-refractivity contribution in [2.75, 3.05) is 16.4 Å². The van der Waals surface area contributed by atoms with Crippen LogP contribution in [0.5, 0.6) is 0 Å². The summed E-state index contributed by atoms with van der Waals surface area (Å²) in [4.78, 5) is 35.3. The second-order valence-corrected chi connectivity index (χ2v) is 7.15. The van der Waals surface area contributed by atoms with Crippen LogP contribution in [0.2, 0.25) is 0 Å². The van der Waals surface area contributed by atoms with Crippen LogP contribution in [-0.2, 0) is 4.79 Å². The Labute approximate surface area is 175 Å². The Morgan fingerprint density at radius 3 is 2.40 bits per heavy atom. The van der Waals surface area contributed by atoms with Crippen LogP contribution >= 0.6 is 11.8 Å². The van der Waals surface area contributed by atoms with Gasteiger partial charge in [0.2, 0.25) is 5.91 Å². The lowest BCUT2D eigenvalue weighted by molar-refractivity contribution is -0.384. The first kappa shape index (κ1) is 21.0. The summed E-state index contributed by atoms with van der Waals surface area (Å²) in [6.07, 6.45) is 0. The fourth-order valence-corrected chi connectivity index (χ4v) is 3.25. The van der Waals surface area contributed by atoms with E-state index in [9.17, 15) is 24.1 Å². The van der Waals surface area contributed by atoms with Crippen molar-refractivity contribution in [2.24, 2.45) is 0 Å². The highest BCUT2D eigenvalue weighted by atomic mass is 32.2. The fourth-order valence-electron chi connectivity index (χ4n) is 2.50. The molecule has 9 heteroatoms. The van der Waals surface area contributed by atoms with Crippen molar-refractivity contribution in [1.29, 1.82) is 0 Å². The highest BCUT2D eigenvalue weighted by Gasteiger charge is 2.11. The summed E-state index contributed by atoms with van der Waals surface area (Å²) >= 11 is 1.24. The summed E-state index contributed by atoms with van der Waals surface area (Å²) < 4.78 is 13.6. The largest absolute Gasteiger partial charge is 0.323 e. The van der Waals surface area contributed by atoms with Gasteiger partial charge in [0.15, 0.2) is 0 Å². The molecule has 0 aliphatic rings. The molecule has 0 saturated carbocycles. The van der Waals surface area contributed by atoms with Crippen LogP contribution in [0, 0.1) is 15.9 Å². The molecular formula is C21H16FN3O4S. The van der Waals surface area contributed by atoms with E-state index in [0.717, 1.165) is 4.90 Å². The number of rotatable bonds is 7. The molecule has 0 aromatic heterocycles. The summed E-state index contributed by atoms with van der Waals surface area (Å²) in [5.74, 6) is -1.21. The molecule has 2 amide bonds. The molecule has 0 heterocycles. The Hall–Kier alpha value is -3.72. The second-order valence-electron chi connectivity index (χ2n) is 6.10. The number of carbonyl (C=O) groups excluding carboxylic acids is 2. The third kappa shape index (κ3) is 5.65. The van der Waals surface area contributed by atoms with Crippen LogP contribution in [0.25, 0.3) is 0 Å². The molecule has 0 aliphatic heterocycles. The minimum Gasteiger partial charge on any atom is -0.323 e. The van der Waals surface area contributed by atoms with E-state index in [0.29, 0.717) is 5.69 Å². The van der Waals surface area contributed by atoms with Gasteiger partial charge in [-0.2, -0.15) is 0 Å². The maximum Gasteiger partial charge on any atom is 0.269 e. The number of nitrogens with zero attached hydrogens (tertiary/aromatic N) is 1. The molecule has 0 spiro atoms. The molecule has 0 radical (unpaired) electrons. The fraction of sp³-hybridized carbons (Fsp3) is 0.0476. The molecule has 152 valence electrons. The minimum atomic E-state index is -0.537. The predicted molar refractivity (Wildman–Crippen MR) is 113 cm³/mol. The van der Waals surface area contributed by atoms with E-state index in [-0.39, 0.29) is 28.6 Å². The van der Waals surface area contributed by atoms with Crippen LogP contribution in [0.3, 0.4) is 0 Å². The summed E-state index contributed by atoms with van der Waals surface area (Å²) in [5, 5.41) is 15.9. The van der Waals surface area contributed by atoms with Gasteiger partial charge in [-0.3, -0.25) is 19.7 Å². The van der Waals surface area contributed by atoms with E-state index in [1.54, 1.807) is 30.3 Å². The molecule has 0 aliphatic carbocycles. The van der Waals surface area contributed by atoms with Crippen LogP contribution in [0.15, 0.2) is 77.7 Å². The topological polar surface area (TPSA) is 101 Å². The molecule has 30 heavy (non-hydrogen) atoms. The molecule has 0 atom stereocenters. The number of anilines is 2. The lowest BCUT2D eigenvalue weighted by Crippen LogP contribution is -2.15. The first-order valence-corrected chi connectivity index (χ1v) is 9.74. The number of nitro groups is 1. The number of nitrogens with one attached hydrogen (secondary N) is 2. The number of carbonyl (C=O) groups is 2. The maximum atomic E-state index is 13.6. The summed E-state index contributed by atoms with van der Waals surface area (Å²) in [6, 6.07) is 18.1. The van der Waals surface area contributed by atoms with E-state index in [4.69, 9.17) is 0 Å². The number of thioether (sulfide) groups is 1. The zero-order valence-corrected chi connectivity index (χ0v) is 16.3. The summed E-state index contributed by atoms with van der Waals surface area (Å²) in [7, 11) is 0. The molecule has 3 aromatic rings. The highest BCUT2D eigenvalue weighted by Crippen LogP contribution is 2.23. The molecular weight excluding hydrogens is 409 g/mol. The number of para-hydroxylation sites is 1. The summed E-state index contributed by atoms with van der Waals surface area (Å²) in [5.41, 5.74) is 0.812. The highest BCUT2D eigenvalue weighted by molar-refractivity contribution is 8.00. The molecule has 3 aromatic carbocycles. The van der Waals surface area contributed by atoms with Crippen LogP contribution in [0.1, 0.15) is 10.4 Å². The lowest BCUT2D eigenvalue weighted by Gasteiger charge is -2.08. The van der Waals surface area contributed by atoms with Crippen LogP contribution < -0.4 is 10.6 Å². The average Bonchev–Trinajstić information content (AvgIpc) is 2.74. The van der Waals surface area contributed by atoms with Crippen molar-refractivity contribution < 1.29 is 18.9 Å². The van der Waals surface area contributed by atoms with Crippen LogP contribution in [-0.4, -0.2) is 22.5 Å². The van der Waals surface area contributed by atoms with Gasteiger partial charge in [-0.25, -0.2) is 4.39 Å². The van der Waals surface area contributed by atoms with Crippen molar-refractivity contribution in [3.8, 4) is 0 Å². The zero-order chi connectivity index (χ0) is 21.5. The zero-order valence-electron chi connectivity index (χ0n) is 15.5. The minimum absolute atomic E-state index is 0.0636. The van der Waals surface area contributed by atoms with Gasteiger partial charge >= 0.3 is 0 Å². The van der Waals surface area contributed by atoms with Gasteiger partial charge in [0, 0.05) is 28.3 Å². The van der Waals surface area contributed by atoms with Gasteiger partial charge < -0.3 is 10.6 Å². The maximum absolute atomic E-state index is 13.6. The van der Waals surface area contributed by atoms with Crippen molar-refractivity contribution >= 4 is 40.6 Å². The number of hydrogen-bond acceptors (Lipinski definition) is 5. The van der Waals surface area contributed by atoms with E-state index in [1.807, 2.05) is 0 Å². The van der Waals surface area contributed by atoms with Gasteiger partial charge in [0.25, 0.3) is 11.6 Å². The predicted octanol–water partition coefficient (Wildman–Crippen LogP) is 4.72. The number of non-ortho nitro benzene ring substituents is 1. The van der Waals surface area contributed by atoms with E-state index >= 15 is 0 Å². The normalized spacial score (nSPS) is 10.3. The number of benzene rings is 3. The van der Waals surface area contributed by atoms with Crippen molar-refractivity contribution in [3.05, 3.63) is 94.3 Å². The number of amides is 2. The van der Waals surface area contributed by atoms with Gasteiger partial charge in [-0.1, -0.05) is 18.2 Å². The molecule has 0 unspecified atom stereocenters. The summed E-state index contributed by atoms with van der Waals surface area (Å²) in [6.45, 7) is 0. The SMILES string of the molecule is O=C(CSc1cccc(NC(=O)c2ccc([N+](=O)[O-])cc2)c1)Nc1ccccc1F. The average molecular weight is 425 g/mol. The van der Waals surface area contributed by atoms with Gasteiger partial charge in [0.1, 0.15) is 5.82 Å². The second kappa shape index (κ2) is 9.66. The quantitative estimate of drug-likeness (QED) is 0.324. The van der Waals surface area contributed by atoms with Gasteiger partial charge in [-0.15, -0.1) is 11.8 Å². The third-order valence-corrected chi connectivity index (χ3v) is 4.94. The van der Waals surface area contributed by atoms with Gasteiger partial charge in [0.05, 0.1) is 16.4 Å². The Bertz CT molecular complexity index is 1090. The molecule has 3 rings (SSSR count). The molecule has 0 bridgehead atoms. The number of nitro benzene ring substituents is 1. The van der Waals surface area contributed by atoms with Gasteiger partial charge in [-0.05, 0) is 42.5 Å². The van der Waals surface area contributed by atoms with Crippen molar-refractivity contribution in [3.63, 3.8) is 0 Å². The number of hydrogen-bond donors (Lipinski definition) is 2. The molecule has 0 saturated heterocycles. The Kier molecular flexibility index (Phi) is 6.76. The molecule has 2 N–H and O–H groups in total. The lowest BCUT2D eigenvalue weighted by atomic mass is 10.2. The smallest absolute Gasteiger partial charge is 0.269 e. The first-order chi connectivity index (χ1) is 14.4. The first-order valence-electron chi connectivity index (χ1n) is 8.75. The van der Waals surface area contributed by atoms with E-state index < -0.39 is 16.6 Å². The van der Waals surface area contributed by atoms with Crippen molar-refractivity contribution in [1.82, 2.24) is 0 Å². The standard InChI is InChI=1S/C21H16FN3O4S/c22-18-6-1-2-7-19(18)24-20(26)13-30-17-5-3-4-15(12-17)23-21(27)14-8-10-16(11-9-14)25(28)29/h1-12H,13H2,(H,23,27)(H,24,26). The number of halogens is 1. The van der Waals surface area contributed by atoms with E-state index in [1.165, 1.54) is 54.2 Å². The molecule has 7 nitrogen and oxygen atoms in total. The van der Waals surface area contributed by atoms with Crippen LogP contribution in [0.4, 0.5) is 21.5 Å².